The van der Waals surface area contributed by atoms with E-state index in [4.69, 9.17) is 0 Å². The number of benzene rings is 1. The quantitative estimate of drug-likeness (QED) is 0.303. The molecule has 0 aliphatic carbocycles. The average Bonchev–Trinajstić information content (AvgIpc) is 3.68. The van der Waals surface area contributed by atoms with Crippen molar-refractivity contribution in [2.75, 3.05) is 0 Å². The fourth-order valence-corrected chi connectivity index (χ4v) is 4.91. The molecule has 9 nitrogen and oxygen atoms in total. The molecule has 4 aromatic heterocycles. The molecule has 4 heterocycles. The first-order chi connectivity index (χ1) is 18.2. The van der Waals surface area contributed by atoms with Crippen molar-refractivity contribution in [2.24, 2.45) is 0 Å². The van der Waals surface area contributed by atoms with Crippen LogP contribution in [-0.4, -0.2) is 39.3 Å². The predicted octanol–water partition coefficient (Wildman–Crippen LogP) is 4.66. The molecule has 190 valence electrons. The summed E-state index contributed by atoms with van der Waals surface area (Å²) < 4.78 is 5.88. The zero-order valence-electron chi connectivity index (χ0n) is 21.6. The number of nitrogens with zero attached hydrogens (tertiary/aromatic N) is 7. The van der Waals surface area contributed by atoms with Crippen molar-refractivity contribution in [2.45, 2.75) is 59.5 Å². The summed E-state index contributed by atoms with van der Waals surface area (Å²) in [6.45, 7) is 7.62. The zero-order valence-corrected chi connectivity index (χ0v) is 21.6. The van der Waals surface area contributed by atoms with Crippen LogP contribution in [0.4, 0.5) is 0 Å². The second-order valence-corrected chi connectivity index (χ2v) is 9.08. The summed E-state index contributed by atoms with van der Waals surface area (Å²) in [7, 11) is 0. The molecule has 5 rings (SSSR count). The molecule has 37 heavy (non-hydrogen) atoms. The van der Waals surface area contributed by atoms with Crippen molar-refractivity contribution in [1.29, 1.82) is 0 Å². The third kappa shape index (κ3) is 4.64. The van der Waals surface area contributed by atoms with Gasteiger partial charge in [0.2, 0.25) is 5.82 Å². The molecule has 1 N–H and O–H groups in total. The largest absolute Gasteiger partial charge is 0.334 e. The van der Waals surface area contributed by atoms with E-state index in [0.29, 0.717) is 12.4 Å². The van der Waals surface area contributed by atoms with Crippen molar-refractivity contribution in [3.63, 3.8) is 0 Å². The van der Waals surface area contributed by atoms with Crippen LogP contribution in [0.1, 0.15) is 50.4 Å². The first-order valence-electron chi connectivity index (χ1n) is 12.9. The van der Waals surface area contributed by atoms with Gasteiger partial charge in [-0.25, -0.2) is 4.79 Å². The molecule has 0 spiro atoms. The molecule has 0 unspecified atom stereocenters. The van der Waals surface area contributed by atoms with Crippen molar-refractivity contribution >= 4 is 0 Å². The Kier molecular flexibility index (Phi) is 7.11. The lowest BCUT2D eigenvalue weighted by atomic mass is 9.96. The van der Waals surface area contributed by atoms with Gasteiger partial charge in [-0.3, -0.25) is 14.1 Å². The topological polar surface area (TPSA) is 99.2 Å². The normalized spacial score (nSPS) is 11.3. The van der Waals surface area contributed by atoms with E-state index < -0.39 is 0 Å². The number of hydrogen-bond donors (Lipinski definition) is 1. The monoisotopic (exact) mass is 496 g/mol. The smallest absolute Gasteiger partial charge is 0.334 e. The Hall–Kier alpha value is -4.27. The van der Waals surface area contributed by atoms with Gasteiger partial charge >= 0.3 is 5.69 Å². The Morgan fingerprint density at radius 3 is 2.54 bits per heavy atom. The first kappa shape index (κ1) is 24.4. The van der Waals surface area contributed by atoms with Crippen LogP contribution in [0.3, 0.4) is 0 Å². The molecule has 0 saturated heterocycles. The van der Waals surface area contributed by atoms with E-state index in [0.717, 1.165) is 66.0 Å². The fraction of sp³-hybridized carbons (Fsp3) is 0.321. The van der Waals surface area contributed by atoms with E-state index in [1.165, 1.54) is 5.56 Å². The minimum Gasteiger partial charge on any atom is -0.334 e. The number of tetrazole rings is 1. The number of rotatable bonds is 10. The molecular formula is C28H32N8O. The molecule has 0 bridgehead atoms. The Morgan fingerprint density at radius 1 is 0.973 bits per heavy atom. The molecule has 1 aromatic carbocycles. The van der Waals surface area contributed by atoms with E-state index in [1.807, 2.05) is 51.9 Å². The van der Waals surface area contributed by atoms with E-state index >= 15 is 0 Å². The predicted molar refractivity (Wildman–Crippen MR) is 144 cm³/mol. The average molecular weight is 497 g/mol. The summed E-state index contributed by atoms with van der Waals surface area (Å²) in [4.78, 5) is 18.4. The van der Waals surface area contributed by atoms with Crippen LogP contribution in [0.15, 0.2) is 66.0 Å². The Balaban J connectivity index is 1.63. The number of imidazole rings is 1. The Morgan fingerprint density at radius 2 is 1.81 bits per heavy atom. The third-order valence-corrected chi connectivity index (χ3v) is 6.85. The van der Waals surface area contributed by atoms with Crippen LogP contribution < -0.4 is 5.69 Å². The maximum absolute atomic E-state index is 14.0. The van der Waals surface area contributed by atoms with Crippen LogP contribution in [0.2, 0.25) is 0 Å². The van der Waals surface area contributed by atoms with Gasteiger partial charge in [0.25, 0.3) is 0 Å². The third-order valence-electron chi connectivity index (χ3n) is 6.85. The summed E-state index contributed by atoms with van der Waals surface area (Å²) in [5.74, 6) is 1.48. The van der Waals surface area contributed by atoms with Crippen LogP contribution in [0, 0.1) is 0 Å². The highest BCUT2D eigenvalue weighted by Crippen LogP contribution is 2.32. The van der Waals surface area contributed by atoms with E-state index in [-0.39, 0.29) is 5.69 Å². The lowest BCUT2D eigenvalue weighted by molar-refractivity contribution is 0.663. The van der Waals surface area contributed by atoms with Crippen molar-refractivity contribution < 1.29 is 0 Å². The molecule has 0 fully saturated rings. The van der Waals surface area contributed by atoms with Crippen molar-refractivity contribution in [1.82, 2.24) is 39.3 Å². The van der Waals surface area contributed by atoms with Gasteiger partial charge in [-0.2, -0.15) is 5.21 Å². The second kappa shape index (κ2) is 10.8. The SMILES string of the molecule is CCCCc1cn(-c2c(CC)ccn2CC)c(=O)n1Cc1cnccc1-c1ccccc1-c1nn[nH]n1. The van der Waals surface area contributed by atoms with E-state index in [2.05, 4.69) is 63.2 Å². The summed E-state index contributed by atoms with van der Waals surface area (Å²) in [6, 6.07) is 12.1. The molecule has 0 aliphatic heterocycles. The van der Waals surface area contributed by atoms with Crippen LogP contribution >= 0.6 is 0 Å². The number of unbranched alkanes of at least 4 members (excludes halogenated alkanes) is 1. The maximum atomic E-state index is 14.0. The number of hydrogen-bond acceptors (Lipinski definition) is 5. The van der Waals surface area contributed by atoms with Crippen molar-refractivity contribution in [3.05, 3.63) is 88.5 Å². The molecular weight excluding hydrogens is 464 g/mol. The van der Waals surface area contributed by atoms with Crippen LogP contribution in [0.25, 0.3) is 28.3 Å². The number of aromatic nitrogens is 8. The Bertz CT molecular complexity index is 1520. The molecule has 0 saturated carbocycles. The minimum atomic E-state index is -0.0320. The maximum Gasteiger partial charge on any atom is 0.334 e. The standard InChI is InChI=1S/C28H32N8O/c1-4-7-10-22-19-36(27-20(5-2)14-16-34(27)6-3)28(37)35(22)18-21-17-29-15-13-23(21)24-11-8-9-12-25(24)26-30-32-33-31-26/h8-9,11-17,19H,4-7,10,18H2,1-3H3,(H,30,31,32,33). The molecule has 9 heteroatoms. The second-order valence-electron chi connectivity index (χ2n) is 9.08. The van der Waals surface area contributed by atoms with Crippen LogP contribution in [-0.2, 0) is 25.9 Å². The summed E-state index contributed by atoms with van der Waals surface area (Å²) in [5, 5.41) is 14.6. The van der Waals surface area contributed by atoms with Gasteiger partial charge in [0.05, 0.1) is 6.54 Å². The van der Waals surface area contributed by atoms with Gasteiger partial charge in [-0.05, 0) is 65.8 Å². The number of H-pyrrole nitrogens is 1. The number of pyridine rings is 1. The van der Waals surface area contributed by atoms with Crippen LogP contribution in [0.5, 0.6) is 0 Å². The first-order valence-corrected chi connectivity index (χ1v) is 12.9. The molecule has 5 aromatic rings. The lowest BCUT2D eigenvalue weighted by Crippen LogP contribution is -2.26. The highest BCUT2D eigenvalue weighted by Gasteiger charge is 2.20. The fourth-order valence-electron chi connectivity index (χ4n) is 4.91. The van der Waals surface area contributed by atoms with E-state index in [9.17, 15) is 4.79 Å². The molecule has 0 atom stereocenters. The molecule has 0 radical (unpaired) electrons. The zero-order chi connectivity index (χ0) is 25.8. The number of aryl methyl sites for hydroxylation is 3. The van der Waals surface area contributed by atoms with Gasteiger partial charge in [0.1, 0.15) is 5.82 Å². The van der Waals surface area contributed by atoms with Gasteiger partial charge in [0.15, 0.2) is 0 Å². The van der Waals surface area contributed by atoms with Gasteiger partial charge < -0.3 is 4.57 Å². The Labute approximate surface area is 215 Å². The highest BCUT2D eigenvalue weighted by molar-refractivity contribution is 5.81. The summed E-state index contributed by atoms with van der Waals surface area (Å²) in [6.07, 6.45) is 11.5. The lowest BCUT2D eigenvalue weighted by Gasteiger charge is -2.14. The van der Waals surface area contributed by atoms with Gasteiger partial charge in [0, 0.05) is 42.6 Å². The summed E-state index contributed by atoms with van der Waals surface area (Å²) in [5.41, 5.74) is 5.94. The molecule has 0 aliphatic rings. The van der Waals surface area contributed by atoms with E-state index in [1.54, 1.807) is 6.20 Å². The van der Waals surface area contributed by atoms with Gasteiger partial charge in [-0.15, -0.1) is 10.2 Å². The minimum absolute atomic E-state index is 0.0320. The number of aromatic amines is 1. The molecule has 0 amide bonds. The highest BCUT2D eigenvalue weighted by atomic mass is 16.1. The summed E-state index contributed by atoms with van der Waals surface area (Å²) >= 11 is 0. The number of nitrogens with one attached hydrogen (secondary N) is 1. The van der Waals surface area contributed by atoms with Gasteiger partial charge in [-0.1, -0.05) is 44.5 Å². The van der Waals surface area contributed by atoms with Crippen molar-refractivity contribution in [3.8, 4) is 28.3 Å².